The Morgan fingerprint density at radius 2 is 2.13 bits per heavy atom. The lowest BCUT2D eigenvalue weighted by Crippen LogP contribution is -2.37. The first-order valence-corrected chi connectivity index (χ1v) is 9.78. The van der Waals surface area contributed by atoms with Crippen LogP contribution in [0.2, 0.25) is 5.02 Å². The molecule has 0 spiro atoms. The van der Waals surface area contributed by atoms with Gasteiger partial charge in [0.05, 0.1) is 41.6 Å². The van der Waals surface area contributed by atoms with E-state index in [1.54, 1.807) is 12.1 Å². The van der Waals surface area contributed by atoms with Crippen LogP contribution in [0, 0.1) is 5.82 Å². The van der Waals surface area contributed by atoms with Gasteiger partial charge in [-0.2, -0.15) is 0 Å². The quantitative estimate of drug-likeness (QED) is 0.510. The molecule has 7 nitrogen and oxygen atoms in total. The molecule has 0 radical (unpaired) electrons. The summed E-state index contributed by atoms with van der Waals surface area (Å²) in [6, 6.07) is 1.35. The molecule has 0 aliphatic carbocycles. The molecule has 3 aromatic rings. The van der Waals surface area contributed by atoms with E-state index < -0.39 is 42.0 Å². The number of rotatable bonds is 8. The van der Waals surface area contributed by atoms with E-state index >= 15 is 0 Å². The van der Waals surface area contributed by atoms with Crippen molar-refractivity contribution in [2.45, 2.75) is 6.42 Å². The van der Waals surface area contributed by atoms with Gasteiger partial charge in [-0.3, -0.25) is 4.90 Å². The second-order valence-corrected chi connectivity index (χ2v) is 6.79. The molecule has 4 rings (SSSR count). The van der Waals surface area contributed by atoms with Crippen molar-refractivity contribution < 1.29 is 28.2 Å². The highest BCUT2D eigenvalue weighted by Gasteiger charge is 2.14. The minimum Gasteiger partial charge on any atom is -0.493 e. The summed E-state index contributed by atoms with van der Waals surface area (Å²) in [5.74, 6) is -0.360. The van der Waals surface area contributed by atoms with Gasteiger partial charge in [0.15, 0.2) is 11.5 Å². The molecule has 0 bridgehead atoms. The Kier molecular flexibility index (Phi) is 4.68. The lowest BCUT2D eigenvalue weighted by Gasteiger charge is -2.26. The van der Waals surface area contributed by atoms with E-state index in [1.165, 1.54) is 13.4 Å². The number of hydrogen-bond acceptors (Lipinski definition) is 7. The average molecular weight is 454 g/mol. The van der Waals surface area contributed by atoms with Crippen molar-refractivity contribution in [2.75, 3.05) is 51.8 Å². The van der Waals surface area contributed by atoms with Gasteiger partial charge in [0.25, 0.3) is 0 Å². The van der Waals surface area contributed by atoms with Gasteiger partial charge >= 0.3 is 0 Å². The zero-order valence-electron chi connectivity index (χ0n) is 23.6. The number of benzene rings is 2. The van der Waals surface area contributed by atoms with Crippen LogP contribution in [0.3, 0.4) is 0 Å². The number of anilines is 2. The average Bonchev–Trinajstić information content (AvgIpc) is 2.87. The summed E-state index contributed by atoms with van der Waals surface area (Å²) in [6.07, 6.45) is 1.54. The molecule has 2 aromatic carbocycles. The Morgan fingerprint density at radius 3 is 2.94 bits per heavy atom. The van der Waals surface area contributed by atoms with E-state index in [2.05, 4.69) is 15.3 Å². The summed E-state index contributed by atoms with van der Waals surface area (Å²) >= 11 is 5.84. The molecule has 31 heavy (non-hydrogen) atoms. The van der Waals surface area contributed by atoms with Crippen LogP contribution in [0.5, 0.6) is 11.5 Å². The first-order valence-electron chi connectivity index (χ1n) is 12.9. The predicted molar refractivity (Wildman–Crippen MR) is 118 cm³/mol. The summed E-state index contributed by atoms with van der Waals surface area (Å²) in [5, 5.41) is 2.61. The molecule has 9 heteroatoms. The van der Waals surface area contributed by atoms with Gasteiger partial charge in [0.2, 0.25) is 0 Å². The van der Waals surface area contributed by atoms with E-state index in [4.69, 9.17) is 35.4 Å². The summed E-state index contributed by atoms with van der Waals surface area (Å²) in [6.45, 7) is -4.21. The van der Waals surface area contributed by atoms with Crippen LogP contribution >= 0.6 is 11.6 Å². The second-order valence-electron chi connectivity index (χ2n) is 6.41. The first-order chi connectivity index (χ1) is 17.9. The number of nitrogens with one attached hydrogen (secondary N) is 1. The number of aromatic nitrogens is 2. The van der Waals surface area contributed by atoms with Crippen molar-refractivity contribution in [1.29, 1.82) is 0 Å². The number of nitrogens with zero attached hydrogens (tertiary/aromatic N) is 3. The molecule has 1 aromatic heterocycles. The highest BCUT2D eigenvalue weighted by molar-refractivity contribution is 6.31. The second kappa shape index (κ2) is 10.1. The van der Waals surface area contributed by atoms with Crippen LogP contribution in [0.15, 0.2) is 36.6 Å². The molecule has 0 unspecified atom stereocenters. The fourth-order valence-corrected chi connectivity index (χ4v) is 3.04. The van der Waals surface area contributed by atoms with E-state index in [1.807, 2.05) is 0 Å². The minimum absolute atomic E-state index is 0.0779. The molecule has 1 N–H and O–H groups in total. The van der Waals surface area contributed by atoms with Crippen LogP contribution in [0.25, 0.3) is 10.9 Å². The summed E-state index contributed by atoms with van der Waals surface area (Å²) in [7, 11) is 1.44. The monoisotopic (exact) mass is 453 g/mol. The standard InChI is InChI=1S/C22H24ClFN4O3/c1-29-20-13-19-16(12-21(20)31-8-2-5-28-6-9-30-10-7-28)22(26-14-25-19)27-15-3-4-18(24)17(23)11-15/h3-4,11-14H,2,5-10H2,1H3,(H,25,26,27)/i3D,4D,6D2,7D2,11D. The molecule has 164 valence electrons. The molecule has 1 fully saturated rings. The summed E-state index contributed by atoms with van der Waals surface area (Å²) < 4.78 is 86.5. The largest absolute Gasteiger partial charge is 0.493 e. The molecule has 0 amide bonds. The van der Waals surface area contributed by atoms with Gasteiger partial charge in [0.1, 0.15) is 18.0 Å². The Bertz CT molecular complexity index is 1320. The predicted octanol–water partition coefficient (Wildman–Crippen LogP) is 4.28. The van der Waals surface area contributed by atoms with Gasteiger partial charge in [-0.25, -0.2) is 14.4 Å². The van der Waals surface area contributed by atoms with Gasteiger partial charge in [-0.15, -0.1) is 0 Å². The lowest BCUT2D eigenvalue weighted by atomic mass is 10.2. The minimum atomic E-state index is -1.96. The number of hydrogen-bond donors (Lipinski definition) is 1. The van der Waals surface area contributed by atoms with Crippen molar-refractivity contribution >= 4 is 34.0 Å². The fraction of sp³-hybridized carbons (Fsp3) is 0.364. The summed E-state index contributed by atoms with van der Waals surface area (Å²) in [5.41, 5.74) is 0.229. The highest BCUT2D eigenvalue weighted by atomic mass is 35.5. The third-order valence-corrected chi connectivity index (χ3v) is 4.65. The number of fused-ring (bicyclic) bond motifs is 1. The van der Waals surface area contributed by atoms with Crippen molar-refractivity contribution in [2.24, 2.45) is 0 Å². The SMILES string of the molecule is [2H]c1c([2H])c(Nc2ncnc3cc(OC)c(OCCCN4C([2H])([2H])COCC4([2H])[2H])cc23)c([2H])c(Cl)c1F. The maximum atomic E-state index is 14.0. The molecule has 0 saturated carbocycles. The van der Waals surface area contributed by atoms with Gasteiger partial charge < -0.3 is 19.5 Å². The molecular formula is C22H24ClFN4O3. The van der Waals surface area contributed by atoms with Gasteiger partial charge in [-0.05, 0) is 30.6 Å². The van der Waals surface area contributed by atoms with Crippen molar-refractivity contribution in [3.05, 3.63) is 47.4 Å². The lowest BCUT2D eigenvalue weighted by molar-refractivity contribution is 0.0357. The normalized spacial score (nSPS) is 21.1. The van der Waals surface area contributed by atoms with Gasteiger partial charge in [-0.1, -0.05) is 11.6 Å². The number of methoxy groups -OCH3 is 1. The number of ether oxygens (including phenoxy) is 3. The van der Waals surface area contributed by atoms with Crippen LogP contribution < -0.4 is 14.8 Å². The molecule has 1 aliphatic heterocycles. The van der Waals surface area contributed by atoms with Gasteiger partial charge in [0, 0.05) is 42.2 Å². The first kappa shape index (κ1) is 14.4. The number of morpholine rings is 1. The number of halogens is 2. The summed E-state index contributed by atoms with van der Waals surface area (Å²) in [4.78, 5) is 9.50. The van der Waals surface area contributed by atoms with E-state index in [0.717, 1.165) is 4.90 Å². The van der Waals surface area contributed by atoms with Crippen molar-refractivity contribution in [3.63, 3.8) is 0 Å². The van der Waals surface area contributed by atoms with Crippen LogP contribution in [-0.4, -0.2) is 61.3 Å². The smallest absolute Gasteiger partial charge is 0.162 e. The zero-order valence-corrected chi connectivity index (χ0v) is 17.3. The molecule has 0 atom stereocenters. The molecule has 1 saturated heterocycles. The van der Waals surface area contributed by atoms with Crippen LogP contribution in [-0.2, 0) is 4.74 Å². The maximum Gasteiger partial charge on any atom is 0.162 e. The Labute approximate surface area is 194 Å². The zero-order chi connectivity index (χ0) is 27.8. The highest BCUT2D eigenvalue weighted by Crippen LogP contribution is 2.35. The third-order valence-electron chi connectivity index (χ3n) is 4.39. The maximum absolute atomic E-state index is 14.0. The van der Waals surface area contributed by atoms with Crippen molar-refractivity contribution in [3.8, 4) is 11.5 Å². The van der Waals surface area contributed by atoms with Crippen molar-refractivity contribution in [1.82, 2.24) is 14.9 Å². The molecular weight excluding hydrogens is 423 g/mol. The van der Waals surface area contributed by atoms with E-state index in [0.29, 0.717) is 28.8 Å². The van der Waals surface area contributed by atoms with Crippen LogP contribution in [0.1, 0.15) is 16.0 Å². The van der Waals surface area contributed by atoms with E-state index in [9.17, 15) is 4.39 Å². The Balaban J connectivity index is 1.58. The van der Waals surface area contributed by atoms with Crippen LogP contribution in [0.4, 0.5) is 15.9 Å². The molecule has 2 heterocycles. The Hall–Kier alpha value is -2.68. The van der Waals surface area contributed by atoms with E-state index in [-0.39, 0.29) is 37.9 Å². The Morgan fingerprint density at radius 1 is 1.29 bits per heavy atom. The molecule has 1 aliphatic rings. The third kappa shape index (κ3) is 5.33. The fourth-order valence-electron chi connectivity index (χ4n) is 2.90. The topological polar surface area (TPSA) is 68.7 Å².